The number of benzene rings is 1. The number of aromatic nitrogens is 2. The van der Waals surface area contributed by atoms with Crippen LogP contribution in [-0.2, 0) is 10.0 Å². The van der Waals surface area contributed by atoms with Crippen LogP contribution in [-0.4, -0.2) is 35.6 Å². The predicted octanol–water partition coefficient (Wildman–Crippen LogP) is 2.35. The Hall–Kier alpha value is -1.75. The molecule has 1 aromatic carbocycles. The first kappa shape index (κ1) is 19.0. The average molecular weight is 442 g/mol. The van der Waals surface area contributed by atoms with Crippen LogP contribution in [0.1, 0.15) is 25.7 Å². The van der Waals surface area contributed by atoms with Gasteiger partial charge in [-0.25, -0.2) is 18.5 Å². The van der Waals surface area contributed by atoms with E-state index >= 15 is 0 Å². The minimum Gasteiger partial charge on any atom is -0.393 e. The smallest absolute Gasteiger partial charge is 0.238 e. The highest BCUT2D eigenvalue weighted by molar-refractivity contribution is 9.10. The molecule has 0 spiro atoms. The molecule has 0 bridgehead atoms. The molecule has 0 radical (unpaired) electrons. The molecule has 2 aromatic rings. The average Bonchev–Trinajstić information content (AvgIpc) is 2.59. The van der Waals surface area contributed by atoms with Crippen LogP contribution < -0.4 is 15.8 Å². The third-order valence-electron chi connectivity index (χ3n) is 4.22. The number of nitrogens with one attached hydrogen (secondary N) is 2. The van der Waals surface area contributed by atoms with Crippen LogP contribution in [0.15, 0.2) is 39.8 Å². The van der Waals surface area contributed by atoms with Crippen molar-refractivity contribution in [1.29, 1.82) is 0 Å². The topological polar surface area (TPSA) is 130 Å². The van der Waals surface area contributed by atoms with Crippen LogP contribution in [0.4, 0.5) is 17.5 Å². The maximum atomic E-state index is 11.3. The Balaban J connectivity index is 1.71. The van der Waals surface area contributed by atoms with E-state index in [0.29, 0.717) is 17.5 Å². The van der Waals surface area contributed by atoms with E-state index in [1.54, 1.807) is 18.3 Å². The van der Waals surface area contributed by atoms with Gasteiger partial charge in [-0.05, 0) is 65.9 Å². The van der Waals surface area contributed by atoms with Crippen molar-refractivity contribution in [2.45, 2.75) is 42.7 Å². The number of nitrogens with two attached hydrogens (primary N) is 1. The van der Waals surface area contributed by atoms with Gasteiger partial charge in [0.15, 0.2) is 0 Å². The molecule has 26 heavy (non-hydrogen) atoms. The van der Waals surface area contributed by atoms with Crippen molar-refractivity contribution >= 4 is 43.4 Å². The van der Waals surface area contributed by atoms with E-state index in [0.717, 1.165) is 30.2 Å². The number of aliphatic hydroxyl groups is 1. The lowest BCUT2D eigenvalue weighted by atomic mass is 9.93. The fourth-order valence-corrected chi connectivity index (χ4v) is 3.62. The first-order chi connectivity index (χ1) is 12.3. The Morgan fingerprint density at radius 1 is 1.15 bits per heavy atom. The van der Waals surface area contributed by atoms with Gasteiger partial charge < -0.3 is 15.7 Å². The first-order valence-electron chi connectivity index (χ1n) is 8.18. The number of sulfonamides is 1. The molecule has 0 unspecified atom stereocenters. The van der Waals surface area contributed by atoms with Gasteiger partial charge in [0.05, 0.1) is 15.5 Å². The molecule has 0 atom stereocenters. The minimum atomic E-state index is -3.72. The summed E-state index contributed by atoms with van der Waals surface area (Å²) in [7, 11) is -3.72. The lowest BCUT2D eigenvalue weighted by Crippen LogP contribution is -2.28. The van der Waals surface area contributed by atoms with Gasteiger partial charge in [0.2, 0.25) is 16.0 Å². The zero-order chi connectivity index (χ0) is 18.7. The number of aliphatic hydroxyl groups excluding tert-OH is 1. The van der Waals surface area contributed by atoms with E-state index in [4.69, 9.17) is 5.14 Å². The Bertz CT molecular complexity index is 868. The number of anilines is 3. The molecule has 1 aromatic heterocycles. The molecular formula is C16H20BrN5O3S. The number of hydrogen-bond donors (Lipinski definition) is 4. The highest BCUT2D eigenvalue weighted by atomic mass is 79.9. The van der Waals surface area contributed by atoms with Gasteiger partial charge in [-0.15, -0.1) is 0 Å². The first-order valence-corrected chi connectivity index (χ1v) is 10.5. The van der Waals surface area contributed by atoms with Crippen molar-refractivity contribution in [3.63, 3.8) is 0 Å². The zero-order valence-electron chi connectivity index (χ0n) is 13.9. The monoisotopic (exact) mass is 441 g/mol. The molecule has 1 fully saturated rings. The van der Waals surface area contributed by atoms with Crippen molar-refractivity contribution in [1.82, 2.24) is 9.97 Å². The van der Waals surface area contributed by atoms with Crippen molar-refractivity contribution < 1.29 is 13.5 Å². The second-order valence-corrected chi connectivity index (χ2v) is 8.65. The standard InChI is InChI=1S/C16H20BrN5O3S/c17-14-9-19-16(21-11-3-7-13(8-4-11)26(18,24)25)22-15(14)20-10-1-5-12(23)6-2-10/h3-4,7-10,12,23H,1-2,5-6H2,(H2,18,24,25)(H2,19,20,21,22). The zero-order valence-corrected chi connectivity index (χ0v) is 16.3. The molecule has 1 aliphatic carbocycles. The summed E-state index contributed by atoms with van der Waals surface area (Å²) in [4.78, 5) is 8.73. The Labute approximate surface area is 160 Å². The molecule has 1 saturated carbocycles. The van der Waals surface area contributed by atoms with Gasteiger partial charge in [0.1, 0.15) is 5.82 Å². The van der Waals surface area contributed by atoms with Crippen LogP contribution in [0.3, 0.4) is 0 Å². The molecule has 10 heteroatoms. The highest BCUT2D eigenvalue weighted by Gasteiger charge is 2.20. The summed E-state index contributed by atoms with van der Waals surface area (Å²) in [5, 5.41) is 21.1. The summed E-state index contributed by atoms with van der Waals surface area (Å²) in [6.07, 6.45) is 4.77. The molecular weight excluding hydrogens is 422 g/mol. The normalized spacial score (nSPS) is 20.6. The summed E-state index contributed by atoms with van der Waals surface area (Å²) < 4.78 is 23.3. The summed E-state index contributed by atoms with van der Waals surface area (Å²) >= 11 is 3.44. The van der Waals surface area contributed by atoms with Gasteiger partial charge in [-0.2, -0.15) is 4.98 Å². The van der Waals surface area contributed by atoms with E-state index in [1.807, 2.05) is 0 Å². The molecule has 0 amide bonds. The molecule has 0 saturated heterocycles. The Morgan fingerprint density at radius 2 is 1.81 bits per heavy atom. The van der Waals surface area contributed by atoms with Crippen LogP contribution >= 0.6 is 15.9 Å². The van der Waals surface area contributed by atoms with Crippen molar-refractivity contribution in [2.75, 3.05) is 10.6 Å². The molecule has 1 heterocycles. The Kier molecular flexibility index (Phi) is 5.76. The lowest BCUT2D eigenvalue weighted by Gasteiger charge is -2.27. The van der Waals surface area contributed by atoms with E-state index in [2.05, 4.69) is 36.5 Å². The number of rotatable bonds is 5. The Morgan fingerprint density at radius 3 is 2.42 bits per heavy atom. The lowest BCUT2D eigenvalue weighted by molar-refractivity contribution is 0.126. The van der Waals surface area contributed by atoms with Gasteiger partial charge in [-0.1, -0.05) is 0 Å². The van der Waals surface area contributed by atoms with E-state index < -0.39 is 10.0 Å². The molecule has 1 aliphatic rings. The third kappa shape index (κ3) is 4.91. The number of primary sulfonamides is 1. The summed E-state index contributed by atoms with van der Waals surface area (Å²) in [6, 6.07) is 6.29. The minimum absolute atomic E-state index is 0.0432. The number of nitrogens with zero attached hydrogens (tertiary/aromatic N) is 2. The summed E-state index contributed by atoms with van der Waals surface area (Å²) in [5.74, 6) is 1.06. The van der Waals surface area contributed by atoms with E-state index in [9.17, 15) is 13.5 Å². The van der Waals surface area contributed by atoms with Crippen LogP contribution in [0.2, 0.25) is 0 Å². The quantitative estimate of drug-likeness (QED) is 0.559. The summed E-state index contributed by atoms with van der Waals surface area (Å²) in [6.45, 7) is 0. The van der Waals surface area contributed by atoms with Crippen molar-refractivity contribution in [2.24, 2.45) is 5.14 Å². The fourth-order valence-electron chi connectivity index (χ4n) is 2.80. The number of hydrogen-bond acceptors (Lipinski definition) is 7. The van der Waals surface area contributed by atoms with Crippen LogP contribution in [0, 0.1) is 0 Å². The third-order valence-corrected chi connectivity index (χ3v) is 5.73. The molecule has 0 aliphatic heterocycles. The predicted molar refractivity (Wildman–Crippen MR) is 103 cm³/mol. The summed E-state index contributed by atoms with van der Waals surface area (Å²) in [5.41, 5.74) is 0.645. The number of halogens is 1. The van der Waals surface area contributed by atoms with E-state index in [1.165, 1.54) is 12.1 Å². The van der Waals surface area contributed by atoms with Gasteiger partial charge in [0, 0.05) is 17.9 Å². The van der Waals surface area contributed by atoms with Crippen molar-refractivity contribution in [3.05, 3.63) is 34.9 Å². The van der Waals surface area contributed by atoms with Crippen molar-refractivity contribution in [3.8, 4) is 0 Å². The molecule has 3 rings (SSSR count). The second-order valence-electron chi connectivity index (χ2n) is 6.23. The van der Waals surface area contributed by atoms with Gasteiger partial charge in [0.25, 0.3) is 0 Å². The maximum absolute atomic E-state index is 11.3. The maximum Gasteiger partial charge on any atom is 0.238 e. The van der Waals surface area contributed by atoms with E-state index in [-0.39, 0.29) is 17.0 Å². The van der Waals surface area contributed by atoms with Gasteiger partial charge >= 0.3 is 0 Å². The van der Waals surface area contributed by atoms with Gasteiger partial charge in [-0.3, -0.25) is 0 Å². The van der Waals surface area contributed by atoms with Crippen LogP contribution in [0.5, 0.6) is 0 Å². The fraction of sp³-hybridized carbons (Fsp3) is 0.375. The largest absolute Gasteiger partial charge is 0.393 e. The molecule has 5 N–H and O–H groups in total. The molecule has 8 nitrogen and oxygen atoms in total. The second kappa shape index (κ2) is 7.87. The highest BCUT2D eigenvalue weighted by Crippen LogP contribution is 2.27. The van der Waals surface area contributed by atoms with Crippen LogP contribution in [0.25, 0.3) is 0 Å². The molecule has 140 valence electrons. The SMILES string of the molecule is NS(=O)(=O)c1ccc(Nc2ncc(Br)c(NC3CCC(O)CC3)n2)cc1.